The third kappa shape index (κ3) is 6.25. The predicted octanol–water partition coefficient (Wildman–Crippen LogP) is 2.55. The highest BCUT2D eigenvalue weighted by molar-refractivity contribution is 7.99. The lowest BCUT2D eigenvalue weighted by molar-refractivity contribution is 0.344. The van der Waals surface area contributed by atoms with E-state index in [9.17, 15) is 0 Å². The van der Waals surface area contributed by atoms with E-state index in [1.807, 2.05) is 36.0 Å². The Morgan fingerprint density at radius 3 is 2.59 bits per heavy atom. The normalized spacial score (nSPS) is 9.88. The Labute approximate surface area is 107 Å². The van der Waals surface area contributed by atoms with Crippen LogP contribution in [0.4, 0.5) is 0 Å². The molecule has 1 N–H and O–H groups in total. The second-order valence-electron chi connectivity index (χ2n) is 3.75. The summed E-state index contributed by atoms with van der Waals surface area (Å²) in [6.07, 6.45) is 0. The smallest absolute Gasteiger partial charge is 0.119 e. The first kappa shape index (κ1) is 14.0. The zero-order chi connectivity index (χ0) is 12.5. The van der Waals surface area contributed by atoms with Crippen molar-refractivity contribution in [3.63, 3.8) is 0 Å². The molecule has 0 bridgehead atoms. The predicted molar refractivity (Wildman–Crippen MR) is 73.5 cm³/mol. The van der Waals surface area contributed by atoms with Gasteiger partial charge in [-0.2, -0.15) is 11.8 Å². The number of hydrogen-bond donors (Lipinski definition) is 1. The third-order valence-electron chi connectivity index (χ3n) is 1.97. The van der Waals surface area contributed by atoms with E-state index >= 15 is 0 Å². The lowest BCUT2D eigenvalue weighted by atomic mass is 10.2. The average molecular weight is 250 g/mol. The molecule has 0 aliphatic heterocycles. The van der Waals surface area contributed by atoms with Crippen molar-refractivity contribution in [2.45, 2.75) is 19.1 Å². The number of hydrogen-bond acceptors (Lipinski definition) is 3. The Morgan fingerprint density at radius 2 is 2.00 bits per heavy atom. The summed E-state index contributed by atoms with van der Waals surface area (Å²) in [5.74, 6) is 7.32. The lowest BCUT2D eigenvalue weighted by Crippen LogP contribution is -2.02. The maximum Gasteiger partial charge on any atom is 0.119 e. The van der Waals surface area contributed by atoms with Crippen LogP contribution in [-0.4, -0.2) is 29.3 Å². The standard InChI is InChI=1S/C14H18O2S/c1-12(2)17-11-10-16-14-7-5-13(6-8-14)4-3-9-15/h5-8,12,15H,9-11H2,1-2H3. The molecule has 0 aliphatic rings. The summed E-state index contributed by atoms with van der Waals surface area (Å²) in [5.41, 5.74) is 0.892. The Bertz CT molecular complexity index is 373. The molecule has 2 nitrogen and oxygen atoms in total. The average Bonchev–Trinajstić information content (AvgIpc) is 2.33. The van der Waals surface area contributed by atoms with E-state index in [1.165, 1.54) is 0 Å². The minimum atomic E-state index is -0.106. The molecule has 0 saturated carbocycles. The first-order chi connectivity index (χ1) is 8.22. The van der Waals surface area contributed by atoms with E-state index in [1.54, 1.807) is 0 Å². The number of ether oxygens (including phenoxy) is 1. The topological polar surface area (TPSA) is 29.5 Å². The van der Waals surface area contributed by atoms with Crippen LogP contribution in [0.15, 0.2) is 24.3 Å². The van der Waals surface area contributed by atoms with Gasteiger partial charge in [-0.25, -0.2) is 0 Å². The van der Waals surface area contributed by atoms with Crippen LogP contribution in [-0.2, 0) is 0 Å². The van der Waals surface area contributed by atoms with Crippen LogP contribution >= 0.6 is 11.8 Å². The fourth-order valence-corrected chi connectivity index (χ4v) is 1.87. The summed E-state index contributed by atoms with van der Waals surface area (Å²) in [5, 5.41) is 9.22. The molecule has 1 rings (SSSR count). The van der Waals surface area contributed by atoms with Crippen LogP contribution in [0, 0.1) is 11.8 Å². The van der Waals surface area contributed by atoms with E-state index in [4.69, 9.17) is 9.84 Å². The van der Waals surface area contributed by atoms with E-state index in [2.05, 4.69) is 25.7 Å². The van der Waals surface area contributed by atoms with Crippen LogP contribution < -0.4 is 4.74 Å². The minimum Gasteiger partial charge on any atom is -0.493 e. The Morgan fingerprint density at radius 1 is 1.29 bits per heavy atom. The number of thioether (sulfide) groups is 1. The van der Waals surface area contributed by atoms with Crippen molar-refractivity contribution in [2.75, 3.05) is 19.0 Å². The van der Waals surface area contributed by atoms with Crippen LogP contribution in [0.2, 0.25) is 0 Å². The van der Waals surface area contributed by atoms with Crippen molar-refractivity contribution < 1.29 is 9.84 Å². The van der Waals surface area contributed by atoms with Crippen LogP contribution in [0.3, 0.4) is 0 Å². The molecule has 0 spiro atoms. The van der Waals surface area contributed by atoms with Crippen molar-refractivity contribution in [1.29, 1.82) is 0 Å². The summed E-state index contributed by atoms with van der Waals surface area (Å²) in [6, 6.07) is 7.60. The molecule has 0 amide bonds. The van der Waals surface area contributed by atoms with Gasteiger partial charge in [-0.1, -0.05) is 25.7 Å². The van der Waals surface area contributed by atoms with Gasteiger partial charge in [-0.15, -0.1) is 0 Å². The van der Waals surface area contributed by atoms with Gasteiger partial charge in [0, 0.05) is 11.3 Å². The zero-order valence-electron chi connectivity index (χ0n) is 10.3. The summed E-state index contributed by atoms with van der Waals surface area (Å²) in [6.45, 7) is 4.98. The fraction of sp³-hybridized carbons (Fsp3) is 0.429. The molecule has 1 aromatic carbocycles. The Kier molecular flexibility index (Phi) is 6.61. The van der Waals surface area contributed by atoms with Crippen LogP contribution in [0.1, 0.15) is 19.4 Å². The summed E-state index contributed by atoms with van der Waals surface area (Å²) in [4.78, 5) is 0. The van der Waals surface area contributed by atoms with E-state index < -0.39 is 0 Å². The van der Waals surface area contributed by atoms with E-state index in [-0.39, 0.29) is 6.61 Å². The largest absolute Gasteiger partial charge is 0.493 e. The summed E-state index contributed by atoms with van der Waals surface area (Å²) >= 11 is 1.89. The Balaban J connectivity index is 2.35. The molecular formula is C14H18O2S. The second kappa shape index (κ2) is 8.05. The SMILES string of the molecule is CC(C)SCCOc1ccc(C#CCO)cc1. The fourth-order valence-electron chi connectivity index (χ4n) is 1.22. The van der Waals surface area contributed by atoms with Crippen molar-refractivity contribution >= 4 is 11.8 Å². The molecule has 17 heavy (non-hydrogen) atoms. The van der Waals surface area contributed by atoms with Crippen molar-refractivity contribution in [2.24, 2.45) is 0 Å². The molecule has 0 saturated heterocycles. The molecule has 1 aromatic rings. The van der Waals surface area contributed by atoms with Gasteiger partial charge in [0.25, 0.3) is 0 Å². The highest BCUT2D eigenvalue weighted by Gasteiger charge is 1.96. The van der Waals surface area contributed by atoms with Gasteiger partial charge in [0.1, 0.15) is 12.4 Å². The van der Waals surface area contributed by atoms with Crippen molar-refractivity contribution in [3.05, 3.63) is 29.8 Å². The highest BCUT2D eigenvalue weighted by atomic mass is 32.2. The van der Waals surface area contributed by atoms with Crippen molar-refractivity contribution in [3.8, 4) is 17.6 Å². The van der Waals surface area contributed by atoms with Gasteiger partial charge >= 0.3 is 0 Å². The van der Waals surface area contributed by atoms with Gasteiger partial charge < -0.3 is 9.84 Å². The van der Waals surface area contributed by atoms with Crippen LogP contribution in [0.25, 0.3) is 0 Å². The highest BCUT2D eigenvalue weighted by Crippen LogP contribution is 2.13. The molecule has 0 fully saturated rings. The molecule has 0 aromatic heterocycles. The maximum atomic E-state index is 8.57. The molecule has 3 heteroatoms. The summed E-state index contributed by atoms with van der Waals surface area (Å²) < 4.78 is 5.60. The molecule has 92 valence electrons. The second-order valence-corrected chi connectivity index (χ2v) is 5.44. The van der Waals surface area contributed by atoms with Crippen LogP contribution in [0.5, 0.6) is 5.75 Å². The Hall–Kier alpha value is -1.11. The monoisotopic (exact) mass is 250 g/mol. The first-order valence-electron chi connectivity index (χ1n) is 5.66. The van der Waals surface area contributed by atoms with Gasteiger partial charge in [0.15, 0.2) is 0 Å². The first-order valence-corrected chi connectivity index (χ1v) is 6.71. The van der Waals surface area contributed by atoms with E-state index in [0.717, 1.165) is 23.7 Å². The number of aliphatic hydroxyl groups is 1. The molecule has 0 radical (unpaired) electrons. The van der Waals surface area contributed by atoms with Gasteiger partial charge in [-0.3, -0.25) is 0 Å². The number of benzene rings is 1. The third-order valence-corrected chi connectivity index (χ3v) is 3.04. The van der Waals surface area contributed by atoms with Gasteiger partial charge in [0.2, 0.25) is 0 Å². The zero-order valence-corrected chi connectivity index (χ0v) is 11.1. The minimum absolute atomic E-state index is 0.106. The number of rotatable bonds is 5. The molecule has 0 atom stereocenters. The maximum absolute atomic E-state index is 8.57. The van der Waals surface area contributed by atoms with Gasteiger partial charge in [-0.05, 0) is 29.5 Å². The van der Waals surface area contributed by atoms with E-state index in [0.29, 0.717) is 5.25 Å². The molecule has 0 aliphatic carbocycles. The lowest BCUT2D eigenvalue weighted by Gasteiger charge is -2.07. The molecular weight excluding hydrogens is 232 g/mol. The quantitative estimate of drug-likeness (QED) is 0.643. The van der Waals surface area contributed by atoms with Crippen molar-refractivity contribution in [1.82, 2.24) is 0 Å². The molecule has 0 unspecified atom stereocenters. The summed E-state index contributed by atoms with van der Waals surface area (Å²) in [7, 11) is 0. The van der Waals surface area contributed by atoms with Gasteiger partial charge in [0.05, 0.1) is 6.61 Å². The number of aliphatic hydroxyl groups excluding tert-OH is 1. The molecule has 0 heterocycles.